The average molecular weight is 616 g/mol. The van der Waals surface area contributed by atoms with Gasteiger partial charge in [-0.05, 0) is 71.6 Å². The molecule has 0 bridgehead atoms. The van der Waals surface area contributed by atoms with Crippen molar-refractivity contribution in [1.82, 2.24) is 4.57 Å². The summed E-state index contributed by atoms with van der Waals surface area (Å²) in [7, 11) is 1.61. The summed E-state index contributed by atoms with van der Waals surface area (Å²) in [6.45, 7) is 1.90. The molecule has 0 spiro atoms. The van der Waals surface area contributed by atoms with Gasteiger partial charge in [-0.1, -0.05) is 114 Å². The van der Waals surface area contributed by atoms with Crippen LogP contribution in [0, 0.1) is 6.92 Å². The third kappa shape index (κ3) is 5.45. The quantitative estimate of drug-likeness (QED) is 0.160. The van der Waals surface area contributed by atoms with Gasteiger partial charge in [0.2, 0.25) is 0 Å². The van der Waals surface area contributed by atoms with Crippen LogP contribution in [0.25, 0.3) is 10.9 Å². The number of hydrogen-bond acceptors (Lipinski definition) is 4. The first kappa shape index (κ1) is 29.5. The monoisotopic (exact) mass is 615 g/mol. The van der Waals surface area contributed by atoms with Crippen molar-refractivity contribution in [2.45, 2.75) is 18.1 Å². The minimum Gasteiger partial charge on any atom is -0.497 e. The largest absolute Gasteiger partial charge is 0.497 e. The van der Waals surface area contributed by atoms with E-state index in [2.05, 4.69) is 36.4 Å². The maximum absolute atomic E-state index is 14.4. The van der Waals surface area contributed by atoms with Crippen LogP contribution in [0.15, 0.2) is 133 Å². The Kier molecular flexibility index (Phi) is 8.42. The van der Waals surface area contributed by atoms with Crippen LogP contribution in [0.2, 0.25) is 5.02 Å². The Hall–Kier alpha value is -4.58. The van der Waals surface area contributed by atoms with Gasteiger partial charge in [0.15, 0.2) is 5.12 Å². The van der Waals surface area contributed by atoms with Gasteiger partial charge >= 0.3 is 0 Å². The lowest BCUT2D eigenvalue weighted by molar-refractivity contribution is -0.110. The first-order valence-corrected chi connectivity index (χ1v) is 15.5. The molecule has 0 saturated heterocycles. The van der Waals surface area contributed by atoms with Crippen LogP contribution in [0.4, 0.5) is 0 Å². The summed E-state index contributed by atoms with van der Waals surface area (Å²) in [4.78, 5) is 28.2. The van der Waals surface area contributed by atoms with E-state index < -0.39 is 4.75 Å². The van der Waals surface area contributed by atoms with Crippen LogP contribution in [-0.4, -0.2) is 22.7 Å². The van der Waals surface area contributed by atoms with E-state index in [4.69, 9.17) is 16.3 Å². The molecule has 0 unspecified atom stereocenters. The third-order valence-corrected chi connectivity index (χ3v) is 9.60. The van der Waals surface area contributed by atoms with E-state index in [0.717, 1.165) is 33.2 Å². The number of halogens is 1. The second-order valence-corrected chi connectivity index (χ2v) is 12.2. The molecule has 1 aromatic heterocycles. The van der Waals surface area contributed by atoms with Crippen molar-refractivity contribution in [3.63, 3.8) is 0 Å². The SMILES string of the molecule is COc1ccc2c(c1)c(CC(=O)SC(c1ccccc1)(c1ccccc1)c1ccccc1)c(C)n2C(=O)c1ccc(Cl)cc1. The highest BCUT2D eigenvalue weighted by molar-refractivity contribution is 8.14. The van der Waals surface area contributed by atoms with E-state index >= 15 is 0 Å². The number of hydrogen-bond donors (Lipinski definition) is 0. The minimum absolute atomic E-state index is 0.0227. The molecule has 6 rings (SSSR count). The normalized spacial score (nSPS) is 11.4. The molecule has 44 heavy (non-hydrogen) atoms. The van der Waals surface area contributed by atoms with E-state index in [9.17, 15) is 9.59 Å². The molecule has 6 aromatic rings. The second-order valence-electron chi connectivity index (χ2n) is 10.5. The van der Waals surface area contributed by atoms with Gasteiger partial charge in [0.25, 0.3) is 5.91 Å². The molecule has 0 saturated carbocycles. The molecular weight excluding hydrogens is 586 g/mol. The molecule has 0 fully saturated rings. The second kappa shape index (κ2) is 12.6. The molecule has 0 aliphatic heterocycles. The zero-order valence-corrected chi connectivity index (χ0v) is 25.9. The van der Waals surface area contributed by atoms with E-state index in [1.54, 1.807) is 35.9 Å². The maximum atomic E-state index is 14.4. The first-order chi connectivity index (χ1) is 21.4. The lowest BCUT2D eigenvalue weighted by atomic mass is 9.84. The van der Waals surface area contributed by atoms with Gasteiger partial charge in [0, 0.05) is 28.1 Å². The summed E-state index contributed by atoms with van der Waals surface area (Å²) in [5.41, 5.74) is 5.76. The maximum Gasteiger partial charge on any atom is 0.262 e. The van der Waals surface area contributed by atoms with E-state index in [1.165, 1.54) is 11.8 Å². The van der Waals surface area contributed by atoms with Crippen LogP contribution >= 0.6 is 23.4 Å². The summed E-state index contributed by atoms with van der Waals surface area (Å²) >= 11 is 7.41. The van der Waals surface area contributed by atoms with Crippen molar-refractivity contribution in [3.8, 4) is 5.75 Å². The third-order valence-electron chi connectivity index (χ3n) is 7.97. The fraction of sp³-hybridized carbons (Fsp3) is 0.105. The summed E-state index contributed by atoms with van der Waals surface area (Å²) < 4.78 is 6.44. The zero-order chi connectivity index (χ0) is 30.7. The van der Waals surface area contributed by atoms with Crippen molar-refractivity contribution in [2.75, 3.05) is 7.11 Å². The smallest absolute Gasteiger partial charge is 0.262 e. The predicted molar refractivity (Wildman–Crippen MR) is 180 cm³/mol. The summed E-state index contributed by atoms with van der Waals surface area (Å²) in [5, 5.41) is 1.34. The molecule has 0 N–H and O–H groups in total. The molecule has 218 valence electrons. The van der Waals surface area contributed by atoms with Gasteiger partial charge < -0.3 is 4.74 Å². The molecule has 4 nitrogen and oxygen atoms in total. The number of carbonyl (C=O) groups excluding carboxylic acids is 2. The summed E-state index contributed by atoms with van der Waals surface area (Å²) in [5.74, 6) is 0.468. The lowest BCUT2D eigenvalue weighted by Crippen LogP contribution is -2.28. The van der Waals surface area contributed by atoms with E-state index in [-0.39, 0.29) is 17.4 Å². The van der Waals surface area contributed by atoms with E-state index in [1.807, 2.05) is 79.7 Å². The molecule has 6 heteroatoms. The van der Waals surface area contributed by atoms with Gasteiger partial charge in [-0.2, -0.15) is 0 Å². The van der Waals surface area contributed by atoms with Crippen molar-refractivity contribution in [1.29, 1.82) is 0 Å². The number of methoxy groups -OCH3 is 1. The fourth-order valence-electron chi connectivity index (χ4n) is 5.84. The number of fused-ring (bicyclic) bond motifs is 1. The fourth-order valence-corrected chi connectivity index (χ4v) is 7.29. The zero-order valence-electron chi connectivity index (χ0n) is 24.4. The first-order valence-electron chi connectivity index (χ1n) is 14.3. The van der Waals surface area contributed by atoms with Crippen LogP contribution in [0.3, 0.4) is 0 Å². The van der Waals surface area contributed by atoms with Gasteiger partial charge in [-0.25, -0.2) is 0 Å². The number of nitrogens with zero attached hydrogens (tertiary/aromatic N) is 1. The minimum atomic E-state index is -0.788. The molecule has 0 atom stereocenters. The molecule has 0 aliphatic rings. The number of carbonyl (C=O) groups is 2. The summed E-state index contributed by atoms with van der Waals surface area (Å²) in [6.07, 6.45) is 0.120. The van der Waals surface area contributed by atoms with Gasteiger partial charge in [0.05, 0.1) is 17.4 Å². The highest BCUT2D eigenvalue weighted by Crippen LogP contribution is 2.49. The average Bonchev–Trinajstić information content (AvgIpc) is 3.34. The van der Waals surface area contributed by atoms with Crippen LogP contribution in [-0.2, 0) is 16.0 Å². The molecular formula is C38H30ClNO3S. The van der Waals surface area contributed by atoms with Crippen molar-refractivity contribution in [3.05, 3.63) is 172 Å². The molecule has 0 amide bonds. The molecule has 1 heterocycles. The number of thioether (sulfide) groups is 1. The van der Waals surface area contributed by atoms with Crippen molar-refractivity contribution in [2.24, 2.45) is 0 Å². The number of benzene rings is 5. The van der Waals surface area contributed by atoms with Gasteiger partial charge in [-0.3, -0.25) is 14.2 Å². The Morgan fingerprint density at radius 2 is 1.27 bits per heavy atom. The van der Waals surface area contributed by atoms with Gasteiger partial charge in [-0.15, -0.1) is 0 Å². The highest BCUT2D eigenvalue weighted by atomic mass is 35.5. The Labute approximate surface area is 266 Å². The Morgan fingerprint density at radius 3 is 1.77 bits per heavy atom. The standard InChI is InChI=1S/C38H30ClNO3S/c1-26-33(34-24-32(43-2)22-23-35(34)40(26)37(42)27-18-20-31(39)21-19-27)25-36(41)44-38(28-12-6-3-7-13-28,29-14-8-4-9-15-29)30-16-10-5-11-17-30/h3-24H,25H2,1-2H3. The Morgan fingerprint density at radius 1 is 0.750 bits per heavy atom. The van der Waals surface area contributed by atoms with E-state index in [0.29, 0.717) is 22.0 Å². The summed E-state index contributed by atoms with van der Waals surface area (Å²) in [6, 6.07) is 42.9. The molecule has 0 aliphatic carbocycles. The number of rotatable bonds is 8. The van der Waals surface area contributed by atoms with Crippen molar-refractivity contribution >= 4 is 45.3 Å². The Balaban J connectivity index is 1.47. The number of ether oxygens (including phenoxy) is 1. The Bertz CT molecular complexity index is 1840. The lowest BCUT2D eigenvalue weighted by Gasteiger charge is -2.34. The van der Waals surface area contributed by atoms with Crippen LogP contribution in [0.1, 0.15) is 38.3 Å². The number of aromatic nitrogens is 1. The molecule has 5 aromatic carbocycles. The van der Waals surface area contributed by atoms with Crippen LogP contribution in [0.5, 0.6) is 5.75 Å². The predicted octanol–water partition coefficient (Wildman–Crippen LogP) is 9.09. The highest BCUT2D eigenvalue weighted by Gasteiger charge is 2.39. The van der Waals surface area contributed by atoms with Crippen molar-refractivity contribution < 1.29 is 14.3 Å². The van der Waals surface area contributed by atoms with Crippen LogP contribution < -0.4 is 4.74 Å². The topological polar surface area (TPSA) is 48.3 Å². The van der Waals surface area contributed by atoms with Gasteiger partial charge in [0.1, 0.15) is 5.75 Å². The molecule has 0 radical (unpaired) electrons.